The van der Waals surface area contributed by atoms with Gasteiger partial charge in [0.05, 0.1) is 22.7 Å². The second-order valence-corrected chi connectivity index (χ2v) is 14.2. The van der Waals surface area contributed by atoms with E-state index >= 15 is 0 Å². The van der Waals surface area contributed by atoms with Gasteiger partial charge in [-0.2, -0.15) is 22.0 Å². The molecule has 0 unspecified atom stereocenters. The molecule has 0 aliphatic heterocycles. The molecule has 4 rings (SSSR count). The lowest BCUT2D eigenvalue weighted by Crippen LogP contribution is -2.27. The van der Waals surface area contributed by atoms with Crippen molar-refractivity contribution in [1.82, 2.24) is 14.5 Å². The fourth-order valence-electron chi connectivity index (χ4n) is 4.94. The molecule has 0 spiro atoms. The van der Waals surface area contributed by atoms with Crippen LogP contribution in [0.3, 0.4) is 0 Å². The standard InChI is InChI=1S/C38H47N7O6S/c1-38(2,3)51-37(49)41-31-23-33(45(5)25-31)36(48)40-30-22-32(44(4)24-30)35(47)39-19-11-7-10-14-34(46)50-20-21-52-26-27-15-17-29(18-16-27)43-42-28-12-8-6-9-13-28/h6,8-9,12-13,15-18,22-25H,7,10-11,14,19-21,26H2,1-5H3,(H,39,47)(H,40,48)(H,41,49). The zero-order valence-corrected chi connectivity index (χ0v) is 31.1. The smallest absolute Gasteiger partial charge is 0.412 e. The predicted molar refractivity (Wildman–Crippen MR) is 204 cm³/mol. The van der Waals surface area contributed by atoms with Gasteiger partial charge in [0.15, 0.2) is 0 Å². The van der Waals surface area contributed by atoms with Crippen molar-refractivity contribution in [3.63, 3.8) is 0 Å². The van der Waals surface area contributed by atoms with E-state index in [0.29, 0.717) is 60.9 Å². The first-order valence-electron chi connectivity index (χ1n) is 17.1. The number of nitrogens with one attached hydrogen (secondary N) is 3. The fraction of sp³-hybridized carbons (Fsp3) is 0.368. The van der Waals surface area contributed by atoms with E-state index in [4.69, 9.17) is 9.47 Å². The minimum absolute atomic E-state index is 0.220. The summed E-state index contributed by atoms with van der Waals surface area (Å²) in [7, 11) is 3.41. The molecule has 2 aromatic heterocycles. The van der Waals surface area contributed by atoms with Gasteiger partial charge < -0.3 is 29.2 Å². The zero-order valence-electron chi connectivity index (χ0n) is 30.3. The van der Waals surface area contributed by atoms with Crippen molar-refractivity contribution in [2.75, 3.05) is 29.5 Å². The molecule has 0 bridgehead atoms. The Morgan fingerprint density at radius 1 is 0.769 bits per heavy atom. The summed E-state index contributed by atoms with van der Waals surface area (Å²) in [6, 6.07) is 20.6. The third-order valence-corrected chi connectivity index (χ3v) is 8.45. The maximum atomic E-state index is 12.9. The van der Waals surface area contributed by atoms with Crippen molar-refractivity contribution >= 4 is 58.4 Å². The van der Waals surface area contributed by atoms with Crippen molar-refractivity contribution in [2.24, 2.45) is 24.3 Å². The lowest BCUT2D eigenvalue weighted by atomic mass is 10.2. The van der Waals surface area contributed by atoms with E-state index in [2.05, 4.69) is 26.2 Å². The zero-order chi connectivity index (χ0) is 37.5. The number of unbranched alkanes of at least 4 members (excludes halogenated alkanes) is 2. The summed E-state index contributed by atoms with van der Waals surface area (Å²) < 4.78 is 13.9. The van der Waals surface area contributed by atoms with Gasteiger partial charge in [0.2, 0.25) is 0 Å². The number of amides is 3. The SMILES string of the molecule is Cn1cc(NC(=O)c2cc(NC(=O)OC(C)(C)C)cn2C)cc1C(=O)NCCCCCC(=O)OCCSCc1ccc(N=Nc2ccccc2)cc1. The van der Waals surface area contributed by atoms with Crippen LogP contribution in [0.25, 0.3) is 0 Å². The second-order valence-electron chi connectivity index (χ2n) is 13.1. The Kier molecular flexibility index (Phi) is 14.6. The number of aromatic nitrogens is 2. The second kappa shape index (κ2) is 19.3. The van der Waals surface area contributed by atoms with Crippen LogP contribution < -0.4 is 16.0 Å². The number of aryl methyl sites for hydroxylation is 2. The molecule has 2 aromatic carbocycles. The molecule has 3 N–H and O–H groups in total. The van der Waals surface area contributed by atoms with Gasteiger partial charge in [-0.25, -0.2) is 4.79 Å². The maximum Gasteiger partial charge on any atom is 0.412 e. The van der Waals surface area contributed by atoms with E-state index in [1.54, 1.807) is 80.3 Å². The Morgan fingerprint density at radius 2 is 1.38 bits per heavy atom. The van der Waals surface area contributed by atoms with Gasteiger partial charge in [0, 0.05) is 51.0 Å². The lowest BCUT2D eigenvalue weighted by Gasteiger charge is -2.19. The number of hydrogen-bond donors (Lipinski definition) is 3. The molecule has 0 fully saturated rings. The summed E-state index contributed by atoms with van der Waals surface area (Å²) in [4.78, 5) is 50.0. The van der Waals surface area contributed by atoms with Crippen molar-refractivity contribution < 1.29 is 28.7 Å². The van der Waals surface area contributed by atoms with Gasteiger partial charge >= 0.3 is 12.1 Å². The minimum Gasteiger partial charge on any atom is -0.465 e. The average Bonchev–Trinajstić information content (AvgIpc) is 3.65. The Bertz CT molecular complexity index is 1830. The highest BCUT2D eigenvalue weighted by Crippen LogP contribution is 2.21. The van der Waals surface area contributed by atoms with Crippen molar-refractivity contribution in [2.45, 2.75) is 57.8 Å². The highest BCUT2D eigenvalue weighted by molar-refractivity contribution is 7.98. The molecular weight excluding hydrogens is 683 g/mol. The van der Waals surface area contributed by atoms with Crippen LogP contribution in [0, 0.1) is 0 Å². The number of nitrogens with zero attached hydrogens (tertiary/aromatic N) is 4. The fourth-order valence-corrected chi connectivity index (χ4v) is 5.72. The van der Waals surface area contributed by atoms with Crippen LogP contribution in [0.5, 0.6) is 0 Å². The summed E-state index contributed by atoms with van der Waals surface area (Å²) in [5.74, 6) is 0.621. The molecule has 13 nitrogen and oxygen atoms in total. The number of azo groups is 1. The van der Waals surface area contributed by atoms with Gasteiger partial charge in [-0.05, 0) is 75.6 Å². The Balaban J connectivity index is 1.06. The first kappa shape index (κ1) is 39.4. The molecule has 4 aromatic rings. The van der Waals surface area contributed by atoms with E-state index in [0.717, 1.165) is 29.1 Å². The molecule has 3 amide bonds. The topological polar surface area (TPSA) is 157 Å². The largest absolute Gasteiger partial charge is 0.465 e. The monoisotopic (exact) mass is 729 g/mol. The van der Waals surface area contributed by atoms with Crippen molar-refractivity contribution in [1.29, 1.82) is 0 Å². The van der Waals surface area contributed by atoms with Crippen LogP contribution in [0.2, 0.25) is 0 Å². The van der Waals surface area contributed by atoms with Gasteiger partial charge in [0.1, 0.15) is 23.6 Å². The molecule has 276 valence electrons. The van der Waals surface area contributed by atoms with Crippen LogP contribution in [-0.2, 0) is 34.1 Å². The highest BCUT2D eigenvalue weighted by atomic mass is 32.2. The molecule has 0 saturated heterocycles. The average molecular weight is 730 g/mol. The van der Waals surface area contributed by atoms with Crippen molar-refractivity contribution in [3.05, 3.63) is 96.1 Å². The third-order valence-electron chi connectivity index (χ3n) is 7.45. The molecule has 0 saturated carbocycles. The first-order valence-corrected chi connectivity index (χ1v) is 18.2. The summed E-state index contributed by atoms with van der Waals surface area (Å²) in [5, 5.41) is 16.8. The normalized spacial score (nSPS) is 11.3. The first-order chi connectivity index (χ1) is 24.9. The lowest BCUT2D eigenvalue weighted by molar-refractivity contribution is -0.143. The maximum absolute atomic E-state index is 12.9. The molecule has 14 heteroatoms. The Labute approximate surface area is 308 Å². The van der Waals surface area contributed by atoms with Gasteiger partial charge in [0.25, 0.3) is 11.8 Å². The number of benzene rings is 2. The third kappa shape index (κ3) is 13.4. The molecule has 0 radical (unpaired) electrons. The number of carbonyl (C=O) groups excluding carboxylic acids is 4. The Morgan fingerprint density at radius 3 is 2.04 bits per heavy atom. The number of esters is 1. The predicted octanol–water partition coefficient (Wildman–Crippen LogP) is 8.15. The van der Waals surface area contributed by atoms with E-state index in [-0.39, 0.29) is 11.9 Å². The Hall–Kier alpha value is -5.37. The van der Waals surface area contributed by atoms with E-state index in [1.165, 1.54) is 0 Å². The van der Waals surface area contributed by atoms with Crippen molar-refractivity contribution in [3.8, 4) is 0 Å². The molecular formula is C38H47N7O6S. The molecule has 0 aliphatic carbocycles. The van der Waals surface area contributed by atoms with Gasteiger partial charge in [-0.1, -0.05) is 36.8 Å². The number of anilines is 2. The summed E-state index contributed by atoms with van der Waals surface area (Å²) in [5.41, 5.74) is 3.68. The van der Waals surface area contributed by atoms with E-state index in [9.17, 15) is 19.2 Å². The van der Waals surface area contributed by atoms with Crippen LogP contribution in [0.15, 0.2) is 89.4 Å². The van der Waals surface area contributed by atoms with E-state index < -0.39 is 17.6 Å². The van der Waals surface area contributed by atoms with Gasteiger partial charge in [-0.15, -0.1) is 0 Å². The molecule has 2 heterocycles. The summed E-state index contributed by atoms with van der Waals surface area (Å²) in [6.45, 7) is 6.10. The number of hydrogen-bond acceptors (Lipinski definition) is 9. The number of carbonyl (C=O) groups is 4. The highest BCUT2D eigenvalue weighted by Gasteiger charge is 2.19. The number of rotatable bonds is 17. The minimum atomic E-state index is -0.651. The molecule has 0 atom stereocenters. The van der Waals surface area contributed by atoms with Crippen LogP contribution in [0.4, 0.5) is 27.5 Å². The molecule has 52 heavy (non-hydrogen) atoms. The van der Waals surface area contributed by atoms with Gasteiger partial charge in [-0.3, -0.25) is 19.7 Å². The summed E-state index contributed by atoms with van der Waals surface area (Å²) >= 11 is 1.70. The van der Waals surface area contributed by atoms with Crippen LogP contribution >= 0.6 is 11.8 Å². The van der Waals surface area contributed by atoms with Crippen LogP contribution in [0.1, 0.15) is 73.0 Å². The number of thioether (sulfide) groups is 1. The number of ether oxygens (including phenoxy) is 2. The van der Waals surface area contributed by atoms with Crippen LogP contribution in [-0.4, -0.2) is 57.5 Å². The quantitative estimate of drug-likeness (QED) is 0.0562. The summed E-state index contributed by atoms with van der Waals surface area (Å²) in [6.07, 6.45) is 5.12. The molecule has 0 aliphatic rings. The van der Waals surface area contributed by atoms with E-state index in [1.807, 2.05) is 54.6 Å².